The summed E-state index contributed by atoms with van der Waals surface area (Å²) in [5.74, 6) is 0.490. The van der Waals surface area contributed by atoms with E-state index < -0.39 is 0 Å². The van der Waals surface area contributed by atoms with E-state index in [4.69, 9.17) is 16.3 Å². The number of nitrogens with zero attached hydrogens (tertiary/aromatic N) is 1. The van der Waals surface area contributed by atoms with Crippen molar-refractivity contribution < 1.29 is 4.74 Å². The Morgan fingerprint density at radius 1 is 1.50 bits per heavy atom. The summed E-state index contributed by atoms with van der Waals surface area (Å²) in [5, 5.41) is 0. The molecular formula is C11H16ClNO. The van der Waals surface area contributed by atoms with Crippen LogP contribution in [0.3, 0.4) is 0 Å². The standard InChI is InChI=1S/C11H16ClNO/c1-9-10(4-3-7-14-2)5-6-13-11(9)8-12/h5-6H,3-4,7-8H2,1-2H3. The Morgan fingerprint density at radius 3 is 2.93 bits per heavy atom. The Hall–Kier alpha value is -0.600. The lowest BCUT2D eigenvalue weighted by molar-refractivity contribution is 0.195. The lowest BCUT2D eigenvalue weighted by Gasteiger charge is -2.07. The van der Waals surface area contributed by atoms with Gasteiger partial charge in [-0.2, -0.15) is 0 Å². The molecule has 0 bridgehead atoms. The molecule has 0 N–H and O–H groups in total. The molecule has 0 saturated heterocycles. The second kappa shape index (κ2) is 5.99. The zero-order valence-electron chi connectivity index (χ0n) is 8.72. The van der Waals surface area contributed by atoms with Crippen molar-refractivity contribution in [1.82, 2.24) is 4.98 Å². The Bertz CT molecular complexity index is 289. The molecule has 0 spiro atoms. The molecule has 0 aliphatic rings. The zero-order chi connectivity index (χ0) is 10.4. The van der Waals surface area contributed by atoms with Gasteiger partial charge >= 0.3 is 0 Å². The van der Waals surface area contributed by atoms with Crippen molar-refractivity contribution in [3.8, 4) is 0 Å². The van der Waals surface area contributed by atoms with Crippen LogP contribution in [0.4, 0.5) is 0 Å². The molecule has 0 aliphatic carbocycles. The lowest BCUT2D eigenvalue weighted by atomic mass is 10.0. The summed E-state index contributed by atoms with van der Waals surface area (Å²) in [5.41, 5.74) is 3.54. The molecule has 1 rings (SSSR count). The molecule has 0 radical (unpaired) electrons. The van der Waals surface area contributed by atoms with Crippen LogP contribution in [0.5, 0.6) is 0 Å². The van der Waals surface area contributed by atoms with Crippen LogP contribution in [0.2, 0.25) is 0 Å². The minimum atomic E-state index is 0.490. The Balaban J connectivity index is 2.66. The van der Waals surface area contributed by atoms with Gasteiger partial charge in [0.05, 0.1) is 11.6 Å². The number of rotatable bonds is 5. The van der Waals surface area contributed by atoms with Crippen molar-refractivity contribution in [2.75, 3.05) is 13.7 Å². The number of hydrogen-bond donors (Lipinski definition) is 0. The van der Waals surface area contributed by atoms with Gasteiger partial charge in [0.25, 0.3) is 0 Å². The first-order valence-electron chi connectivity index (χ1n) is 4.78. The fourth-order valence-electron chi connectivity index (χ4n) is 1.44. The number of aryl methyl sites for hydroxylation is 1. The highest BCUT2D eigenvalue weighted by Gasteiger charge is 2.03. The maximum atomic E-state index is 5.78. The van der Waals surface area contributed by atoms with Crippen LogP contribution in [-0.2, 0) is 17.0 Å². The Kier molecular flexibility index (Phi) is 4.91. The molecule has 1 aromatic rings. The number of aromatic nitrogens is 1. The fourth-order valence-corrected chi connectivity index (χ4v) is 1.71. The van der Waals surface area contributed by atoms with Gasteiger partial charge in [-0.05, 0) is 37.0 Å². The van der Waals surface area contributed by atoms with Crippen LogP contribution in [0.25, 0.3) is 0 Å². The first-order chi connectivity index (χ1) is 6.79. The van der Waals surface area contributed by atoms with E-state index in [9.17, 15) is 0 Å². The van der Waals surface area contributed by atoms with Gasteiger partial charge in [0, 0.05) is 19.9 Å². The van der Waals surface area contributed by atoms with Gasteiger partial charge in [0.2, 0.25) is 0 Å². The van der Waals surface area contributed by atoms with Crippen LogP contribution in [-0.4, -0.2) is 18.7 Å². The summed E-state index contributed by atoms with van der Waals surface area (Å²) in [7, 11) is 1.73. The largest absolute Gasteiger partial charge is 0.385 e. The molecule has 0 fully saturated rings. The van der Waals surface area contributed by atoms with Crippen LogP contribution in [0, 0.1) is 6.92 Å². The van der Waals surface area contributed by atoms with Crippen LogP contribution >= 0.6 is 11.6 Å². The molecule has 0 amide bonds. The van der Waals surface area contributed by atoms with E-state index in [-0.39, 0.29) is 0 Å². The van der Waals surface area contributed by atoms with Crippen molar-refractivity contribution in [3.63, 3.8) is 0 Å². The number of hydrogen-bond acceptors (Lipinski definition) is 2. The van der Waals surface area contributed by atoms with Crippen molar-refractivity contribution >= 4 is 11.6 Å². The van der Waals surface area contributed by atoms with E-state index in [0.29, 0.717) is 5.88 Å². The average molecular weight is 214 g/mol. The van der Waals surface area contributed by atoms with E-state index in [2.05, 4.69) is 18.0 Å². The topological polar surface area (TPSA) is 22.1 Å². The number of alkyl halides is 1. The summed E-state index contributed by atoms with van der Waals surface area (Å²) in [6.07, 6.45) is 3.90. The number of halogens is 1. The van der Waals surface area contributed by atoms with Crippen LogP contribution in [0.15, 0.2) is 12.3 Å². The highest BCUT2D eigenvalue weighted by atomic mass is 35.5. The molecule has 78 valence electrons. The fraction of sp³-hybridized carbons (Fsp3) is 0.545. The Morgan fingerprint density at radius 2 is 2.29 bits per heavy atom. The molecule has 0 aromatic carbocycles. The molecule has 0 saturated carbocycles. The third-order valence-corrected chi connectivity index (χ3v) is 2.59. The minimum Gasteiger partial charge on any atom is -0.385 e. The third-order valence-electron chi connectivity index (χ3n) is 2.34. The predicted octanol–water partition coefficient (Wildman–Crippen LogP) is 2.71. The van der Waals surface area contributed by atoms with E-state index in [1.54, 1.807) is 7.11 Å². The van der Waals surface area contributed by atoms with E-state index in [1.807, 2.05) is 6.20 Å². The van der Waals surface area contributed by atoms with Crippen LogP contribution in [0.1, 0.15) is 23.2 Å². The van der Waals surface area contributed by atoms with Crippen LogP contribution < -0.4 is 0 Å². The van der Waals surface area contributed by atoms with Gasteiger partial charge in [-0.15, -0.1) is 11.6 Å². The molecule has 0 aliphatic heterocycles. The third kappa shape index (κ3) is 2.96. The quantitative estimate of drug-likeness (QED) is 0.554. The van der Waals surface area contributed by atoms with Gasteiger partial charge in [-0.25, -0.2) is 0 Å². The first kappa shape index (κ1) is 11.5. The van der Waals surface area contributed by atoms with Crippen molar-refractivity contribution in [2.45, 2.75) is 25.6 Å². The predicted molar refractivity (Wildman–Crippen MR) is 58.7 cm³/mol. The summed E-state index contributed by atoms with van der Waals surface area (Å²) in [6.45, 7) is 2.88. The number of ether oxygens (including phenoxy) is 1. The molecule has 1 aromatic heterocycles. The summed E-state index contributed by atoms with van der Waals surface area (Å²) < 4.78 is 5.02. The second-order valence-electron chi connectivity index (χ2n) is 3.27. The molecule has 3 heteroatoms. The molecule has 2 nitrogen and oxygen atoms in total. The van der Waals surface area contributed by atoms with Gasteiger partial charge < -0.3 is 4.74 Å². The van der Waals surface area contributed by atoms with Crippen molar-refractivity contribution in [3.05, 3.63) is 29.1 Å². The number of methoxy groups -OCH3 is 1. The minimum absolute atomic E-state index is 0.490. The first-order valence-corrected chi connectivity index (χ1v) is 5.31. The van der Waals surface area contributed by atoms with E-state index in [0.717, 1.165) is 25.1 Å². The van der Waals surface area contributed by atoms with Gasteiger partial charge in [0.1, 0.15) is 0 Å². The summed E-state index contributed by atoms with van der Waals surface area (Å²) in [4.78, 5) is 4.22. The highest BCUT2D eigenvalue weighted by Crippen LogP contribution is 2.14. The smallest absolute Gasteiger partial charge is 0.0650 e. The zero-order valence-corrected chi connectivity index (χ0v) is 9.47. The monoisotopic (exact) mass is 213 g/mol. The Labute approximate surface area is 90.3 Å². The SMILES string of the molecule is COCCCc1ccnc(CCl)c1C. The van der Waals surface area contributed by atoms with Gasteiger partial charge in [0.15, 0.2) is 0 Å². The highest BCUT2D eigenvalue weighted by molar-refractivity contribution is 6.17. The summed E-state index contributed by atoms with van der Waals surface area (Å²) >= 11 is 5.78. The summed E-state index contributed by atoms with van der Waals surface area (Å²) in [6, 6.07) is 2.06. The number of pyridine rings is 1. The molecule has 1 heterocycles. The molecule has 0 unspecified atom stereocenters. The van der Waals surface area contributed by atoms with Gasteiger partial charge in [-0.1, -0.05) is 0 Å². The molecular weight excluding hydrogens is 198 g/mol. The van der Waals surface area contributed by atoms with E-state index >= 15 is 0 Å². The lowest BCUT2D eigenvalue weighted by Crippen LogP contribution is -1.99. The maximum absolute atomic E-state index is 5.78. The van der Waals surface area contributed by atoms with E-state index in [1.165, 1.54) is 11.1 Å². The normalized spacial score (nSPS) is 10.5. The second-order valence-corrected chi connectivity index (χ2v) is 3.54. The van der Waals surface area contributed by atoms with Gasteiger partial charge in [-0.3, -0.25) is 4.98 Å². The van der Waals surface area contributed by atoms with Crippen molar-refractivity contribution in [2.24, 2.45) is 0 Å². The molecule has 0 atom stereocenters. The average Bonchev–Trinajstić information content (AvgIpc) is 2.21. The molecule has 14 heavy (non-hydrogen) atoms. The maximum Gasteiger partial charge on any atom is 0.0650 e. The van der Waals surface area contributed by atoms with Crippen molar-refractivity contribution in [1.29, 1.82) is 0 Å².